The van der Waals surface area contributed by atoms with Gasteiger partial charge in [0.25, 0.3) is 5.91 Å². The molecule has 1 atom stereocenters. The van der Waals surface area contributed by atoms with Crippen LogP contribution in [0.4, 0.5) is 5.82 Å². The molecule has 4 rings (SSSR count). The first kappa shape index (κ1) is 21.1. The van der Waals surface area contributed by atoms with E-state index in [0.717, 1.165) is 24.5 Å². The molecule has 0 spiro atoms. The zero-order chi connectivity index (χ0) is 21.8. The number of nitrogens with two attached hydrogens (primary N) is 1. The maximum absolute atomic E-state index is 12.8. The zero-order valence-corrected chi connectivity index (χ0v) is 18.0. The molecule has 0 radical (unpaired) electrons. The van der Waals surface area contributed by atoms with Gasteiger partial charge in [0.1, 0.15) is 5.82 Å². The van der Waals surface area contributed by atoms with Crippen LogP contribution in [0.25, 0.3) is 5.69 Å². The second-order valence-corrected chi connectivity index (χ2v) is 7.95. The van der Waals surface area contributed by atoms with Gasteiger partial charge in [0, 0.05) is 31.3 Å². The molecule has 1 aliphatic heterocycles. The van der Waals surface area contributed by atoms with Crippen molar-refractivity contribution in [2.45, 2.75) is 19.9 Å². The van der Waals surface area contributed by atoms with Crippen LogP contribution < -0.4 is 11.1 Å². The van der Waals surface area contributed by atoms with E-state index in [1.54, 1.807) is 16.8 Å². The molecule has 1 amide bonds. The predicted molar refractivity (Wildman–Crippen MR) is 121 cm³/mol. The van der Waals surface area contributed by atoms with Crippen molar-refractivity contribution in [3.63, 3.8) is 0 Å². The van der Waals surface area contributed by atoms with Gasteiger partial charge < -0.3 is 15.8 Å². The third kappa shape index (κ3) is 4.95. The molecule has 0 unspecified atom stereocenters. The average molecular weight is 420 g/mol. The number of hydrogen-bond donors (Lipinski definition) is 2. The van der Waals surface area contributed by atoms with Gasteiger partial charge in [-0.2, -0.15) is 5.10 Å². The molecule has 31 heavy (non-hydrogen) atoms. The first-order chi connectivity index (χ1) is 15.0. The van der Waals surface area contributed by atoms with Crippen LogP contribution in [0.2, 0.25) is 0 Å². The van der Waals surface area contributed by atoms with Crippen LogP contribution >= 0.6 is 0 Å². The topological polar surface area (TPSA) is 85.4 Å². The summed E-state index contributed by atoms with van der Waals surface area (Å²) in [6.07, 6.45) is 0. The first-order valence-electron chi connectivity index (χ1n) is 10.6. The third-order valence-electron chi connectivity index (χ3n) is 5.64. The minimum Gasteiger partial charge on any atom is -0.384 e. The largest absolute Gasteiger partial charge is 0.384 e. The maximum atomic E-state index is 12.8. The van der Waals surface area contributed by atoms with E-state index in [1.807, 2.05) is 25.1 Å². The Morgan fingerprint density at radius 1 is 1.10 bits per heavy atom. The molecule has 1 aliphatic rings. The molecule has 7 nitrogen and oxygen atoms in total. The standard InChI is InChI=1S/C24H29N5O2/c1-17-3-5-19(6-4-17)22(28-11-13-31-14-12-28)16-26-24(30)20-7-9-21(10-8-20)29-23(25)15-18(2)27-29/h3-10,15,22H,11-14,16,25H2,1-2H3,(H,26,30)/t22-/m0/s1. The molecule has 2 aromatic carbocycles. The van der Waals surface area contributed by atoms with Crippen molar-refractivity contribution < 1.29 is 9.53 Å². The quantitative estimate of drug-likeness (QED) is 0.642. The van der Waals surface area contributed by atoms with Gasteiger partial charge in [-0.1, -0.05) is 29.8 Å². The van der Waals surface area contributed by atoms with Crippen molar-refractivity contribution in [1.29, 1.82) is 0 Å². The van der Waals surface area contributed by atoms with Crippen molar-refractivity contribution in [2.75, 3.05) is 38.6 Å². The fourth-order valence-electron chi connectivity index (χ4n) is 3.91. The van der Waals surface area contributed by atoms with E-state index in [-0.39, 0.29) is 11.9 Å². The van der Waals surface area contributed by atoms with Crippen LogP contribution in [0, 0.1) is 13.8 Å². The summed E-state index contributed by atoms with van der Waals surface area (Å²) in [6.45, 7) is 7.66. The summed E-state index contributed by atoms with van der Waals surface area (Å²) < 4.78 is 7.18. The smallest absolute Gasteiger partial charge is 0.251 e. The van der Waals surface area contributed by atoms with Gasteiger partial charge >= 0.3 is 0 Å². The lowest BCUT2D eigenvalue weighted by Gasteiger charge is -2.35. The Balaban J connectivity index is 1.45. The monoisotopic (exact) mass is 419 g/mol. The molecule has 0 aliphatic carbocycles. The lowest BCUT2D eigenvalue weighted by atomic mass is 10.0. The molecule has 0 saturated carbocycles. The van der Waals surface area contributed by atoms with Gasteiger partial charge in [-0.05, 0) is 43.7 Å². The number of nitrogens with one attached hydrogen (secondary N) is 1. The van der Waals surface area contributed by atoms with E-state index in [1.165, 1.54) is 11.1 Å². The van der Waals surface area contributed by atoms with Crippen molar-refractivity contribution >= 4 is 11.7 Å². The van der Waals surface area contributed by atoms with Crippen LogP contribution in [-0.4, -0.2) is 53.4 Å². The Bertz CT molecular complexity index is 1020. The number of benzene rings is 2. The summed E-state index contributed by atoms with van der Waals surface area (Å²) in [5.41, 5.74) is 10.7. The molecule has 7 heteroatoms. The Morgan fingerprint density at radius 3 is 2.39 bits per heavy atom. The van der Waals surface area contributed by atoms with Crippen LogP contribution in [0.5, 0.6) is 0 Å². The highest BCUT2D eigenvalue weighted by atomic mass is 16.5. The fraction of sp³-hybridized carbons (Fsp3) is 0.333. The number of nitrogen functional groups attached to an aromatic ring is 1. The number of rotatable bonds is 6. The van der Waals surface area contributed by atoms with Crippen LogP contribution in [0.15, 0.2) is 54.6 Å². The van der Waals surface area contributed by atoms with Gasteiger partial charge in [-0.25, -0.2) is 4.68 Å². The van der Waals surface area contributed by atoms with Gasteiger partial charge in [-0.3, -0.25) is 9.69 Å². The summed E-state index contributed by atoms with van der Waals surface area (Å²) in [5, 5.41) is 7.50. The van der Waals surface area contributed by atoms with E-state index in [0.29, 0.717) is 31.1 Å². The maximum Gasteiger partial charge on any atom is 0.251 e. The van der Waals surface area contributed by atoms with Crippen molar-refractivity contribution in [1.82, 2.24) is 20.0 Å². The summed E-state index contributed by atoms with van der Waals surface area (Å²) in [7, 11) is 0. The van der Waals surface area contributed by atoms with Gasteiger partial charge in [-0.15, -0.1) is 0 Å². The van der Waals surface area contributed by atoms with E-state index < -0.39 is 0 Å². The van der Waals surface area contributed by atoms with Crippen LogP contribution in [0.3, 0.4) is 0 Å². The number of aryl methyl sites for hydroxylation is 2. The molecule has 2 heterocycles. The molecule has 1 aromatic heterocycles. The fourth-order valence-corrected chi connectivity index (χ4v) is 3.91. The number of amides is 1. The van der Waals surface area contributed by atoms with Gasteiger partial charge in [0.2, 0.25) is 0 Å². The molecule has 1 fully saturated rings. The van der Waals surface area contributed by atoms with E-state index in [9.17, 15) is 4.79 Å². The number of anilines is 1. The lowest BCUT2D eigenvalue weighted by Crippen LogP contribution is -2.43. The van der Waals surface area contributed by atoms with Gasteiger partial charge in [0.05, 0.1) is 30.6 Å². The van der Waals surface area contributed by atoms with Crippen LogP contribution in [-0.2, 0) is 4.74 Å². The molecule has 162 valence electrons. The number of morpholine rings is 1. The average Bonchev–Trinajstić information content (AvgIpc) is 3.13. The van der Waals surface area contributed by atoms with E-state index in [2.05, 4.69) is 46.5 Å². The number of hydrogen-bond acceptors (Lipinski definition) is 5. The summed E-state index contributed by atoms with van der Waals surface area (Å²) in [4.78, 5) is 15.2. The molecule has 3 N–H and O–H groups in total. The molecule has 1 saturated heterocycles. The second kappa shape index (κ2) is 9.32. The Kier molecular flexibility index (Phi) is 6.34. The number of carbonyl (C=O) groups excluding carboxylic acids is 1. The van der Waals surface area contributed by atoms with Crippen molar-refractivity contribution in [3.8, 4) is 5.69 Å². The second-order valence-electron chi connectivity index (χ2n) is 7.95. The number of aromatic nitrogens is 2. The highest BCUT2D eigenvalue weighted by molar-refractivity contribution is 5.94. The highest BCUT2D eigenvalue weighted by Gasteiger charge is 2.23. The number of ether oxygens (including phenoxy) is 1. The number of carbonyl (C=O) groups is 1. The highest BCUT2D eigenvalue weighted by Crippen LogP contribution is 2.22. The Hall–Kier alpha value is -3.16. The molecule has 0 bridgehead atoms. The lowest BCUT2D eigenvalue weighted by molar-refractivity contribution is 0.0162. The van der Waals surface area contributed by atoms with Crippen molar-refractivity contribution in [3.05, 3.63) is 77.0 Å². The van der Waals surface area contributed by atoms with Crippen molar-refractivity contribution in [2.24, 2.45) is 0 Å². The van der Waals surface area contributed by atoms with E-state index in [4.69, 9.17) is 10.5 Å². The molecule has 3 aromatic rings. The molecular formula is C24H29N5O2. The third-order valence-corrected chi connectivity index (χ3v) is 5.64. The van der Waals surface area contributed by atoms with Crippen LogP contribution in [0.1, 0.15) is 33.2 Å². The number of nitrogens with zero attached hydrogens (tertiary/aromatic N) is 3. The zero-order valence-electron chi connectivity index (χ0n) is 18.0. The molecular weight excluding hydrogens is 390 g/mol. The summed E-state index contributed by atoms with van der Waals surface area (Å²) >= 11 is 0. The summed E-state index contributed by atoms with van der Waals surface area (Å²) in [5.74, 6) is 0.475. The Labute approximate surface area is 182 Å². The van der Waals surface area contributed by atoms with Gasteiger partial charge in [0.15, 0.2) is 0 Å². The predicted octanol–water partition coefficient (Wildman–Crippen LogP) is 2.87. The van der Waals surface area contributed by atoms with E-state index >= 15 is 0 Å². The SMILES string of the molecule is Cc1ccc([C@H](CNC(=O)c2ccc(-n3nc(C)cc3N)cc2)N2CCOCC2)cc1. The first-order valence-corrected chi connectivity index (χ1v) is 10.6. The Morgan fingerprint density at radius 2 is 1.77 bits per heavy atom. The summed E-state index contributed by atoms with van der Waals surface area (Å²) in [6, 6.07) is 17.8. The minimum absolute atomic E-state index is 0.0958. The normalized spacial score (nSPS) is 15.5. The minimum atomic E-state index is -0.0958.